The van der Waals surface area contributed by atoms with Crippen LogP contribution in [0.25, 0.3) is 0 Å². The van der Waals surface area contributed by atoms with Gasteiger partial charge in [-0.25, -0.2) is 4.98 Å². The Labute approximate surface area is 115 Å². The van der Waals surface area contributed by atoms with E-state index in [2.05, 4.69) is 15.3 Å². The van der Waals surface area contributed by atoms with Gasteiger partial charge in [-0.1, -0.05) is 0 Å². The fourth-order valence-corrected chi connectivity index (χ4v) is 1.87. The molecule has 2 N–H and O–H groups in total. The summed E-state index contributed by atoms with van der Waals surface area (Å²) in [5, 5.41) is 13.4. The summed E-state index contributed by atoms with van der Waals surface area (Å²) in [4.78, 5) is 29.2. The van der Waals surface area contributed by atoms with E-state index in [1.165, 1.54) is 12.3 Å². The van der Waals surface area contributed by atoms with Crippen molar-refractivity contribution in [2.45, 2.75) is 19.9 Å². The van der Waals surface area contributed by atoms with Gasteiger partial charge in [0.05, 0.1) is 11.1 Å². The average Bonchev–Trinajstić information content (AvgIpc) is 3.07. The minimum absolute atomic E-state index is 0.0805. The summed E-state index contributed by atoms with van der Waals surface area (Å²) >= 11 is 0. The number of amides is 1. The van der Waals surface area contributed by atoms with Gasteiger partial charge in [-0.15, -0.1) is 0 Å². The highest BCUT2D eigenvalue weighted by atomic mass is 16.6. The molecule has 0 saturated carbocycles. The summed E-state index contributed by atoms with van der Waals surface area (Å²) in [7, 11) is 0. The van der Waals surface area contributed by atoms with Crippen LogP contribution in [0, 0.1) is 10.1 Å². The molecule has 2 heterocycles. The van der Waals surface area contributed by atoms with Crippen LogP contribution >= 0.6 is 0 Å². The molecule has 0 aliphatic carbocycles. The van der Waals surface area contributed by atoms with Crippen LogP contribution in [0.1, 0.15) is 23.2 Å². The van der Waals surface area contributed by atoms with Gasteiger partial charge in [0.25, 0.3) is 11.6 Å². The predicted octanol–water partition coefficient (Wildman–Crippen LogP) is 1.11. The van der Waals surface area contributed by atoms with Gasteiger partial charge in [0.1, 0.15) is 11.5 Å². The first-order valence-electron chi connectivity index (χ1n) is 6.22. The molecule has 20 heavy (non-hydrogen) atoms. The first kappa shape index (κ1) is 13.8. The van der Waals surface area contributed by atoms with Crippen molar-refractivity contribution in [1.82, 2.24) is 19.9 Å². The minimum Gasteiger partial charge on any atom is -0.350 e. The third-order valence-corrected chi connectivity index (χ3v) is 2.87. The molecule has 0 bridgehead atoms. The van der Waals surface area contributed by atoms with E-state index in [1.54, 1.807) is 17.0 Å². The average molecular weight is 277 g/mol. The van der Waals surface area contributed by atoms with Crippen LogP contribution in [-0.4, -0.2) is 31.9 Å². The normalized spacial score (nSPS) is 10.4. The molecule has 8 heteroatoms. The Hall–Kier alpha value is -2.64. The molecule has 2 aromatic heterocycles. The highest BCUT2D eigenvalue weighted by Gasteiger charge is 2.18. The van der Waals surface area contributed by atoms with E-state index < -0.39 is 4.92 Å². The zero-order valence-electron chi connectivity index (χ0n) is 11.0. The number of aryl methyl sites for hydroxylation is 1. The number of carbonyl (C=O) groups is 1. The molecule has 1 amide bonds. The highest BCUT2D eigenvalue weighted by molar-refractivity contribution is 5.93. The number of rotatable bonds is 6. The summed E-state index contributed by atoms with van der Waals surface area (Å²) in [5.74, 6) is 0.452. The molecule has 0 radical (unpaired) electrons. The summed E-state index contributed by atoms with van der Waals surface area (Å²) in [6, 6.07) is 1.28. The molecule has 2 rings (SSSR count). The SMILES string of the molecule is CCn1cc([N+](=O)[O-])cc1C(=O)NCCc1ncc[nH]1. The number of nitrogens with zero attached hydrogens (tertiary/aromatic N) is 3. The smallest absolute Gasteiger partial charge is 0.287 e. The summed E-state index contributed by atoms with van der Waals surface area (Å²) < 4.78 is 1.56. The number of nitro groups is 1. The minimum atomic E-state index is -0.508. The zero-order chi connectivity index (χ0) is 14.5. The van der Waals surface area contributed by atoms with Crippen LogP contribution < -0.4 is 5.32 Å². The molecule has 0 fully saturated rings. The van der Waals surface area contributed by atoms with Gasteiger partial charge >= 0.3 is 0 Å². The second-order valence-electron chi connectivity index (χ2n) is 4.17. The topological polar surface area (TPSA) is 106 Å². The number of carbonyl (C=O) groups excluding carboxylic acids is 1. The largest absolute Gasteiger partial charge is 0.350 e. The molecule has 0 saturated heterocycles. The Morgan fingerprint density at radius 3 is 3.00 bits per heavy atom. The van der Waals surface area contributed by atoms with E-state index >= 15 is 0 Å². The lowest BCUT2D eigenvalue weighted by atomic mass is 10.3. The standard InChI is InChI=1S/C12H15N5O3/c1-2-16-8-9(17(19)20)7-10(16)12(18)15-4-3-11-13-5-6-14-11/h5-8H,2-4H2,1H3,(H,13,14)(H,15,18). The quantitative estimate of drug-likeness (QED) is 0.609. The fourth-order valence-electron chi connectivity index (χ4n) is 1.87. The van der Waals surface area contributed by atoms with E-state index in [1.807, 2.05) is 6.92 Å². The first-order valence-corrected chi connectivity index (χ1v) is 6.22. The number of aromatic amines is 1. The molecule has 8 nitrogen and oxygen atoms in total. The molecular weight excluding hydrogens is 262 g/mol. The Balaban J connectivity index is 1.99. The van der Waals surface area contributed by atoms with E-state index in [-0.39, 0.29) is 11.6 Å². The Morgan fingerprint density at radius 1 is 1.60 bits per heavy atom. The number of aromatic nitrogens is 3. The maximum absolute atomic E-state index is 12.0. The zero-order valence-corrected chi connectivity index (χ0v) is 11.0. The number of hydrogen-bond acceptors (Lipinski definition) is 4. The van der Waals surface area contributed by atoms with Gasteiger partial charge in [0.2, 0.25) is 0 Å². The first-order chi connectivity index (χ1) is 9.61. The second kappa shape index (κ2) is 6.00. The van der Waals surface area contributed by atoms with Gasteiger partial charge in [0.15, 0.2) is 0 Å². The third-order valence-electron chi connectivity index (χ3n) is 2.87. The van der Waals surface area contributed by atoms with E-state index in [9.17, 15) is 14.9 Å². The monoisotopic (exact) mass is 277 g/mol. The van der Waals surface area contributed by atoms with Crippen molar-refractivity contribution >= 4 is 11.6 Å². The van der Waals surface area contributed by atoms with Crippen molar-refractivity contribution in [3.05, 3.63) is 46.3 Å². The summed E-state index contributed by atoms with van der Waals surface area (Å²) in [6.45, 7) is 2.73. The van der Waals surface area contributed by atoms with Gasteiger partial charge in [-0.3, -0.25) is 14.9 Å². The molecule has 106 valence electrons. The third kappa shape index (κ3) is 3.02. The molecule has 2 aromatic rings. The van der Waals surface area contributed by atoms with E-state index in [0.29, 0.717) is 25.2 Å². The lowest BCUT2D eigenvalue weighted by molar-refractivity contribution is -0.384. The van der Waals surface area contributed by atoms with Crippen molar-refractivity contribution < 1.29 is 9.72 Å². The van der Waals surface area contributed by atoms with Crippen molar-refractivity contribution in [3.8, 4) is 0 Å². The van der Waals surface area contributed by atoms with Crippen LogP contribution in [0.15, 0.2) is 24.7 Å². The number of hydrogen-bond donors (Lipinski definition) is 2. The van der Waals surface area contributed by atoms with Crippen LogP contribution in [-0.2, 0) is 13.0 Å². The number of imidazole rings is 1. The number of nitrogens with one attached hydrogen (secondary N) is 2. The highest BCUT2D eigenvalue weighted by Crippen LogP contribution is 2.16. The van der Waals surface area contributed by atoms with Crippen LogP contribution in [0.5, 0.6) is 0 Å². The second-order valence-corrected chi connectivity index (χ2v) is 4.17. The molecular formula is C12H15N5O3. The maximum Gasteiger partial charge on any atom is 0.287 e. The Bertz CT molecular complexity index is 603. The lowest BCUT2D eigenvalue weighted by Crippen LogP contribution is -2.27. The molecule has 0 atom stereocenters. The van der Waals surface area contributed by atoms with E-state index in [4.69, 9.17) is 0 Å². The molecule has 0 aliphatic rings. The molecule has 0 unspecified atom stereocenters. The predicted molar refractivity (Wildman–Crippen MR) is 71.4 cm³/mol. The van der Waals surface area contributed by atoms with Gasteiger partial charge in [-0.2, -0.15) is 0 Å². The molecule has 0 aromatic carbocycles. The summed E-state index contributed by atoms with van der Waals surface area (Å²) in [6.07, 6.45) is 5.29. The molecule has 0 spiro atoms. The van der Waals surface area contributed by atoms with Crippen molar-refractivity contribution in [2.24, 2.45) is 0 Å². The van der Waals surface area contributed by atoms with E-state index in [0.717, 1.165) is 5.82 Å². The fraction of sp³-hybridized carbons (Fsp3) is 0.333. The van der Waals surface area contributed by atoms with Gasteiger partial charge in [-0.05, 0) is 6.92 Å². The molecule has 0 aliphatic heterocycles. The van der Waals surface area contributed by atoms with Crippen LogP contribution in [0.3, 0.4) is 0 Å². The van der Waals surface area contributed by atoms with Gasteiger partial charge < -0.3 is 14.9 Å². The Morgan fingerprint density at radius 2 is 2.40 bits per heavy atom. The number of H-pyrrole nitrogens is 1. The van der Waals surface area contributed by atoms with Crippen LogP contribution in [0.4, 0.5) is 5.69 Å². The van der Waals surface area contributed by atoms with Crippen LogP contribution in [0.2, 0.25) is 0 Å². The van der Waals surface area contributed by atoms with Gasteiger partial charge in [0, 0.05) is 38.0 Å². The van der Waals surface area contributed by atoms with Crippen molar-refractivity contribution in [2.75, 3.05) is 6.54 Å². The Kier molecular flexibility index (Phi) is 4.14. The summed E-state index contributed by atoms with van der Waals surface area (Å²) in [5.41, 5.74) is 0.210. The van der Waals surface area contributed by atoms with Crippen molar-refractivity contribution in [1.29, 1.82) is 0 Å². The lowest BCUT2D eigenvalue weighted by Gasteiger charge is -2.06. The maximum atomic E-state index is 12.0. The van der Waals surface area contributed by atoms with Crippen molar-refractivity contribution in [3.63, 3.8) is 0 Å².